The molecule has 4 heteroatoms. The topological polar surface area (TPSA) is 30.7 Å². The summed E-state index contributed by atoms with van der Waals surface area (Å²) < 4.78 is 5.01. The summed E-state index contributed by atoms with van der Waals surface area (Å²) >= 11 is 1.86. The molecule has 0 fully saturated rings. The monoisotopic (exact) mass is 619 g/mol. The van der Waals surface area contributed by atoms with E-state index in [0.29, 0.717) is 0 Å². The summed E-state index contributed by atoms with van der Waals surface area (Å²) in [5.41, 5.74) is 11.6. The van der Waals surface area contributed by atoms with Crippen LogP contribution in [0.2, 0.25) is 0 Å². The maximum atomic E-state index is 5.28. The molecule has 10 rings (SSSR count). The number of hydrogen-bond donors (Lipinski definition) is 0. The van der Waals surface area contributed by atoms with Gasteiger partial charge in [0, 0.05) is 47.5 Å². The van der Waals surface area contributed by atoms with E-state index in [0.717, 1.165) is 28.3 Å². The van der Waals surface area contributed by atoms with Crippen LogP contribution >= 0.6 is 11.3 Å². The first-order valence-electron chi connectivity index (χ1n) is 16.1. The standard InChI is InChI=1S/C43H29N3S/c1-43(2)34-19-11-9-17-28(34)30-21-31-32-22-33-29-18-10-12-20-39(29)47-40(33)24-37(32)46(36(31)23-35(30)43)38-25-44-42(27-15-7-4-8-16-27)45-41(38)26-13-5-3-6-14-26/h3-25H,1-2H3. The van der Waals surface area contributed by atoms with Gasteiger partial charge in [0.05, 0.1) is 28.6 Å². The molecule has 0 atom stereocenters. The Morgan fingerprint density at radius 1 is 0.553 bits per heavy atom. The van der Waals surface area contributed by atoms with E-state index in [2.05, 4.69) is 134 Å². The molecule has 1 aliphatic rings. The van der Waals surface area contributed by atoms with Crippen LogP contribution in [0, 0.1) is 0 Å². The summed E-state index contributed by atoms with van der Waals surface area (Å²) in [5, 5.41) is 5.10. The molecule has 0 saturated carbocycles. The second-order valence-corrected chi connectivity index (χ2v) is 14.1. The van der Waals surface area contributed by atoms with E-state index in [1.54, 1.807) is 0 Å². The summed E-state index contributed by atoms with van der Waals surface area (Å²) in [6.45, 7) is 4.71. The molecule has 222 valence electrons. The highest BCUT2D eigenvalue weighted by atomic mass is 32.1. The minimum Gasteiger partial charge on any atom is -0.306 e. The Morgan fingerprint density at radius 3 is 2.06 bits per heavy atom. The summed E-state index contributed by atoms with van der Waals surface area (Å²) in [7, 11) is 0. The molecule has 0 N–H and O–H groups in total. The van der Waals surface area contributed by atoms with Crippen LogP contribution in [0.15, 0.2) is 140 Å². The van der Waals surface area contributed by atoms with Gasteiger partial charge in [0.1, 0.15) is 0 Å². The lowest BCUT2D eigenvalue weighted by Gasteiger charge is -2.22. The minimum atomic E-state index is -0.117. The fourth-order valence-corrected chi connectivity index (χ4v) is 8.88. The molecule has 3 aromatic heterocycles. The fourth-order valence-electron chi connectivity index (χ4n) is 7.76. The molecule has 0 saturated heterocycles. The SMILES string of the molecule is CC1(C)c2ccccc2-c2cc3c4cc5c(cc4n(-c4cnc(-c6ccccc6)nc4-c4ccccc4)c3cc21)sc1ccccc15. The first-order valence-corrected chi connectivity index (χ1v) is 16.9. The van der Waals surface area contributed by atoms with Crippen LogP contribution in [0.5, 0.6) is 0 Å². The predicted octanol–water partition coefficient (Wildman–Crippen LogP) is 11.6. The molecule has 0 aliphatic heterocycles. The highest BCUT2D eigenvalue weighted by Gasteiger charge is 2.36. The van der Waals surface area contributed by atoms with Crippen molar-refractivity contribution >= 4 is 53.3 Å². The van der Waals surface area contributed by atoms with Gasteiger partial charge in [0.25, 0.3) is 0 Å². The Hall–Kier alpha value is -5.58. The zero-order valence-electron chi connectivity index (χ0n) is 26.0. The van der Waals surface area contributed by atoms with Crippen LogP contribution in [-0.4, -0.2) is 14.5 Å². The maximum absolute atomic E-state index is 5.28. The van der Waals surface area contributed by atoms with E-state index in [9.17, 15) is 0 Å². The molecule has 0 radical (unpaired) electrons. The second kappa shape index (κ2) is 9.71. The first-order chi connectivity index (χ1) is 23.1. The third-order valence-electron chi connectivity index (χ3n) is 10.1. The van der Waals surface area contributed by atoms with Crippen LogP contribution in [0.25, 0.3) is 81.4 Å². The van der Waals surface area contributed by atoms with Gasteiger partial charge >= 0.3 is 0 Å². The third kappa shape index (κ3) is 3.79. The van der Waals surface area contributed by atoms with Gasteiger partial charge in [-0.3, -0.25) is 0 Å². The lowest BCUT2D eigenvalue weighted by Crippen LogP contribution is -2.15. The largest absolute Gasteiger partial charge is 0.306 e. The maximum Gasteiger partial charge on any atom is 0.159 e. The molecule has 0 bridgehead atoms. The van der Waals surface area contributed by atoms with Crippen molar-refractivity contribution in [2.45, 2.75) is 19.3 Å². The van der Waals surface area contributed by atoms with Crippen LogP contribution in [0.4, 0.5) is 0 Å². The Bertz CT molecular complexity index is 2700. The van der Waals surface area contributed by atoms with Gasteiger partial charge < -0.3 is 4.57 Å². The van der Waals surface area contributed by atoms with Crippen molar-refractivity contribution in [1.82, 2.24) is 14.5 Å². The van der Waals surface area contributed by atoms with Crippen molar-refractivity contribution in [2.24, 2.45) is 0 Å². The molecule has 0 amide bonds. The van der Waals surface area contributed by atoms with Gasteiger partial charge in [0.15, 0.2) is 5.82 Å². The number of benzene rings is 6. The Morgan fingerprint density at radius 2 is 1.23 bits per heavy atom. The molecule has 3 heterocycles. The van der Waals surface area contributed by atoms with E-state index in [4.69, 9.17) is 9.97 Å². The number of rotatable bonds is 3. The summed E-state index contributed by atoms with van der Waals surface area (Å²) in [4.78, 5) is 10.3. The quantitative estimate of drug-likeness (QED) is 0.197. The average molecular weight is 620 g/mol. The van der Waals surface area contributed by atoms with Crippen LogP contribution in [0.3, 0.4) is 0 Å². The normalized spacial score (nSPS) is 13.5. The number of aromatic nitrogens is 3. The zero-order chi connectivity index (χ0) is 31.3. The summed E-state index contributed by atoms with van der Waals surface area (Å²) in [6, 6.07) is 48.1. The highest BCUT2D eigenvalue weighted by Crippen LogP contribution is 2.51. The van der Waals surface area contributed by atoms with Gasteiger partial charge in [-0.15, -0.1) is 11.3 Å². The molecular formula is C43H29N3S. The van der Waals surface area contributed by atoms with E-state index in [1.165, 1.54) is 64.2 Å². The van der Waals surface area contributed by atoms with E-state index < -0.39 is 0 Å². The van der Waals surface area contributed by atoms with E-state index >= 15 is 0 Å². The third-order valence-corrected chi connectivity index (χ3v) is 11.2. The van der Waals surface area contributed by atoms with Crippen molar-refractivity contribution in [3.8, 4) is 39.5 Å². The molecule has 1 aliphatic carbocycles. The van der Waals surface area contributed by atoms with Crippen molar-refractivity contribution in [2.75, 3.05) is 0 Å². The van der Waals surface area contributed by atoms with Gasteiger partial charge in [-0.2, -0.15) is 0 Å². The number of nitrogens with zero attached hydrogens (tertiary/aromatic N) is 3. The van der Waals surface area contributed by atoms with Crippen molar-refractivity contribution in [3.05, 3.63) is 151 Å². The zero-order valence-corrected chi connectivity index (χ0v) is 26.8. The van der Waals surface area contributed by atoms with Gasteiger partial charge in [-0.1, -0.05) is 117 Å². The first kappa shape index (κ1) is 26.6. The Kier molecular flexibility index (Phi) is 5.50. The van der Waals surface area contributed by atoms with Gasteiger partial charge in [0.2, 0.25) is 0 Å². The van der Waals surface area contributed by atoms with Crippen LogP contribution in [-0.2, 0) is 5.41 Å². The van der Waals surface area contributed by atoms with Crippen molar-refractivity contribution in [1.29, 1.82) is 0 Å². The lowest BCUT2D eigenvalue weighted by molar-refractivity contribution is 0.661. The molecule has 0 spiro atoms. The molecule has 9 aromatic rings. The number of fused-ring (bicyclic) bond motifs is 9. The Balaban J connectivity index is 1.35. The lowest BCUT2D eigenvalue weighted by atomic mass is 9.82. The molecule has 6 aromatic carbocycles. The molecular weight excluding hydrogens is 591 g/mol. The van der Waals surface area contributed by atoms with Gasteiger partial charge in [-0.05, 0) is 52.6 Å². The van der Waals surface area contributed by atoms with Crippen LogP contribution in [0.1, 0.15) is 25.0 Å². The predicted molar refractivity (Wildman–Crippen MR) is 198 cm³/mol. The summed E-state index contributed by atoms with van der Waals surface area (Å²) in [6.07, 6.45) is 2.03. The smallest absolute Gasteiger partial charge is 0.159 e. The van der Waals surface area contributed by atoms with Crippen LogP contribution < -0.4 is 0 Å². The summed E-state index contributed by atoms with van der Waals surface area (Å²) in [5.74, 6) is 0.721. The van der Waals surface area contributed by atoms with Crippen molar-refractivity contribution in [3.63, 3.8) is 0 Å². The number of hydrogen-bond acceptors (Lipinski definition) is 3. The molecule has 3 nitrogen and oxygen atoms in total. The fraction of sp³-hybridized carbons (Fsp3) is 0.0698. The van der Waals surface area contributed by atoms with Gasteiger partial charge in [-0.25, -0.2) is 9.97 Å². The van der Waals surface area contributed by atoms with E-state index in [1.807, 2.05) is 35.7 Å². The Labute approximate surface area is 276 Å². The average Bonchev–Trinajstić information content (AvgIpc) is 3.72. The van der Waals surface area contributed by atoms with E-state index in [-0.39, 0.29) is 5.41 Å². The number of thiophene rings is 1. The second-order valence-electron chi connectivity index (χ2n) is 13.0. The minimum absolute atomic E-state index is 0.117. The molecule has 47 heavy (non-hydrogen) atoms. The highest BCUT2D eigenvalue weighted by molar-refractivity contribution is 7.25. The molecule has 0 unspecified atom stereocenters. The van der Waals surface area contributed by atoms with Crippen molar-refractivity contribution < 1.29 is 0 Å².